The highest BCUT2D eigenvalue weighted by Crippen LogP contribution is 2.32. The molecule has 29 heavy (non-hydrogen) atoms. The monoisotopic (exact) mass is 440 g/mol. The summed E-state index contributed by atoms with van der Waals surface area (Å²) in [7, 11) is -5.04. The van der Waals surface area contributed by atoms with Crippen LogP contribution < -0.4 is 14.2 Å². The highest BCUT2D eigenvalue weighted by molar-refractivity contribution is 7.92. The number of anilines is 1. The summed E-state index contributed by atoms with van der Waals surface area (Å²) in [6, 6.07) is 10.4. The summed E-state index contributed by atoms with van der Waals surface area (Å²) in [6.07, 6.45) is 2.57. The summed E-state index contributed by atoms with van der Waals surface area (Å²) >= 11 is 0. The van der Waals surface area contributed by atoms with Crippen molar-refractivity contribution in [2.45, 2.75) is 29.1 Å². The van der Waals surface area contributed by atoms with E-state index in [0.29, 0.717) is 13.1 Å². The third-order valence-electron chi connectivity index (χ3n) is 4.71. The van der Waals surface area contributed by atoms with E-state index in [2.05, 4.69) is 4.72 Å². The van der Waals surface area contributed by atoms with E-state index in [1.807, 2.05) is 0 Å². The fraction of sp³-hybridized carbons (Fsp3) is 0.368. The lowest BCUT2D eigenvalue weighted by Gasteiger charge is -2.26. The minimum atomic E-state index is -3.99. The van der Waals surface area contributed by atoms with E-state index >= 15 is 0 Å². The maximum atomic E-state index is 13.1. The predicted molar refractivity (Wildman–Crippen MR) is 109 cm³/mol. The van der Waals surface area contributed by atoms with Gasteiger partial charge in [-0.3, -0.25) is 4.72 Å². The van der Waals surface area contributed by atoms with Crippen LogP contribution in [0, 0.1) is 0 Å². The molecule has 8 nitrogen and oxygen atoms in total. The molecule has 0 aliphatic carbocycles. The molecule has 0 aromatic heterocycles. The maximum absolute atomic E-state index is 13.1. The molecule has 0 bridgehead atoms. The number of rotatable bonds is 7. The number of piperidine rings is 1. The van der Waals surface area contributed by atoms with E-state index in [-0.39, 0.29) is 27.0 Å². The Kier molecular flexibility index (Phi) is 6.35. The number of ether oxygens (including phenoxy) is 2. The van der Waals surface area contributed by atoms with Crippen LogP contribution in [0.5, 0.6) is 11.5 Å². The Bertz CT molecular complexity index is 1080. The van der Waals surface area contributed by atoms with Crippen LogP contribution in [0.1, 0.15) is 19.3 Å². The minimum Gasteiger partial charge on any atom is -0.495 e. The first-order valence-electron chi connectivity index (χ1n) is 9.13. The number of para-hydroxylation sites is 1. The summed E-state index contributed by atoms with van der Waals surface area (Å²) < 4.78 is 66.0. The lowest BCUT2D eigenvalue weighted by molar-refractivity contribution is 0.343. The van der Waals surface area contributed by atoms with Crippen LogP contribution >= 0.6 is 0 Å². The van der Waals surface area contributed by atoms with E-state index < -0.39 is 20.0 Å². The van der Waals surface area contributed by atoms with Gasteiger partial charge < -0.3 is 9.47 Å². The van der Waals surface area contributed by atoms with E-state index in [4.69, 9.17) is 9.47 Å². The largest absolute Gasteiger partial charge is 0.495 e. The van der Waals surface area contributed by atoms with Gasteiger partial charge in [0.2, 0.25) is 10.0 Å². The molecule has 1 fully saturated rings. The second-order valence-electron chi connectivity index (χ2n) is 6.59. The molecule has 3 rings (SSSR count). The lowest BCUT2D eigenvalue weighted by Crippen LogP contribution is -2.35. The topological polar surface area (TPSA) is 102 Å². The molecule has 0 atom stereocenters. The predicted octanol–water partition coefficient (Wildman–Crippen LogP) is 2.68. The van der Waals surface area contributed by atoms with Gasteiger partial charge in [-0.2, -0.15) is 4.31 Å². The highest BCUT2D eigenvalue weighted by Gasteiger charge is 2.30. The Morgan fingerprint density at radius 2 is 1.45 bits per heavy atom. The zero-order chi connectivity index (χ0) is 21.1. The Morgan fingerprint density at radius 1 is 0.828 bits per heavy atom. The van der Waals surface area contributed by atoms with E-state index in [1.165, 1.54) is 48.9 Å². The third-order valence-corrected chi connectivity index (χ3v) is 8.05. The fourth-order valence-corrected chi connectivity index (χ4v) is 6.16. The molecular weight excluding hydrogens is 416 g/mol. The fourth-order valence-electron chi connectivity index (χ4n) is 3.24. The molecule has 0 radical (unpaired) electrons. The average molecular weight is 441 g/mol. The van der Waals surface area contributed by atoms with Gasteiger partial charge in [0.05, 0.1) is 19.9 Å². The van der Waals surface area contributed by atoms with Crippen LogP contribution in [-0.2, 0) is 20.0 Å². The van der Waals surface area contributed by atoms with E-state index in [1.54, 1.807) is 12.1 Å². The first-order valence-corrected chi connectivity index (χ1v) is 12.1. The molecular formula is C19H24N2O6S2. The molecule has 0 amide bonds. The molecule has 158 valence electrons. The first kappa shape index (κ1) is 21.4. The molecule has 0 spiro atoms. The van der Waals surface area contributed by atoms with Gasteiger partial charge in [0.1, 0.15) is 21.3 Å². The SMILES string of the molecule is COc1ccccc1S(=O)(=O)Nc1ccc(OC)c(S(=O)(=O)N2CCCCC2)c1. The molecule has 2 aromatic rings. The van der Waals surface area contributed by atoms with Crippen LogP contribution in [0.2, 0.25) is 0 Å². The summed E-state index contributed by atoms with van der Waals surface area (Å²) in [5.41, 5.74) is 0.118. The number of hydrogen-bond donors (Lipinski definition) is 1. The van der Waals surface area contributed by atoms with Crippen molar-refractivity contribution in [3.8, 4) is 11.5 Å². The van der Waals surface area contributed by atoms with Crippen LogP contribution in [0.3, 0.4) is 0 Å². The highest BCUT2D eigenvalue weighted by atomic mass is 32.2. The van der Waals surface area contributed by atoms with Crippen molar-refractivity contribution in [1.82, 2.24) is 4.31 Å². The summed E-state index contributed by atoms with van der Waals surface area (Å²) in [5.74, 6) is 0.352. The van der Waals surface area contributed by atoms with Crippen molar-refractivity contribution < 1.29 is 26.3 Å². The van der Waals surface area contributed by atoms with Crippen LogP contribution in [0.25, 0.3) is 0 Å². The standard InChI is InChI=1S/C19H24N2O6S2/c1-26-16-8-4-5-9-18(16)28(22,23)20-15-10-11-17(27-2)19(14-15)29(24,25)21-12-6-3-7-13-21/h4-5,8-11,14,20H,3,6-7,12-13H2,1-2H3. The van der Waals surface area contributed by atoms with Gasteiger partial charge in [0.15, 0.2) is 0 Å². The lowest BCUT2D eigenvalue weighted by atomic mass is 10.2. The van der Waals surface area contributed by atoms with Gasteiger partial charge in [0, 0.05) is 13.1 Å². The molecule has 1 aliphatic heterocycles. The number of nitrogens with one attached hydrogen (secondary N) is 1. The first-order chi connectivity index (χ1) is 13.8. The van der Waals surface area contributed by atoms with Crippen molar-refractivity contribution in [1.29, 1.82) is 0 Å². The summed E-state index contributed by atoms with van der Waals surface area (Å²) in [4.78, 5) is -0.110. The van der Waals surface area contributed by atoms with Crippen molar-refractivity contribution in [2.24, 2.45) is 0 Å². The Labute approximate surface area is 171 Å². The molecule has 2 aromatic carbocycles. The number of sulfonamides is 2. The van der Waals surface area contributed by atoms with E-state index in [0.717, 1.165) is 19.3 Å². The molecule has 0 unspecified atom stereocenters. The average Bonchev–Trinajstić information content (AvgIpc) is 2.74. The van der Waals surface area contributed by atoms with Crippen molar-refractivity contribution in [3.63, 3.8) is 0 Å². The van der Waals surface area contributed by atoms with Gasteiger partial charge in [0.25, 0.3) is 10.0 Å². The van der Waals surface area contributed by atoms with Gasteiger partial charge in [-0.15, -0.1) is 0 Å². The van der Waals surface area contributed by atoms with E-state index in [9.17, 15) is 16.8 Å². The molecule has 1 saturated heterocycles. The van der Waals surface area contributed by atoms with Crippen LogP contribution in [-0.4, -0.2) is 48.4 Å². The van der Waals surface area contributed by atoms with Gasteiger partial charge in [-0.05, 0) is 43.2 Å². The van der Waals surface area contributed by atoms with Crippen molar-refractivity contribution >= 4 is 25.7 Å². The molecule has 1 N–H and O–H groups in total. The number of nitrogens with zero attached hydrogens (tertiary/aromatic N) is 1. The maximum Gasteiger partial charge on any atom is 0.265 e. The Balaban J connectivity index is 1.99. The number of methoxy groups -OCH3 is 2. The van der Waals surface area contributed by atoms with Gasteiger partial charge in [-0.1, -0.05) is 18.6 Å². The molecule has 10 heteroatoms. The van der Waals surface area contributed by atoms with Gasteiger partial charge in [-0.25, -0.2) is 16.8 Å². The van der Waals surface area contributed by atoms with Gasteiger partial charge >= 0.3 is 0 Å². The third kappa shape index (κ3) is 4.49. The normalized spacial score (nSPS) is 15.7. The molecule has 1 heterocycles. The van der Waals surface area contributed by atoms with Crippen LogP contribution in [0.15, 0.2) is 52.3 Å². The second kappa shape index (κ2) is 8.60. The summed E-state index contributed by atoms with van der Waals surface area (Å²) in [5, 5.41) is 0. The van der Waals surface area contributed by atoms with Crippen molar-refractivity contribution in [3.05, 3.63) is 42.5 Å². The quantitative estimate of drug-likeness (QED) is 0.710. The molecule has 1 aliphatic rings. The molecule has 0 saturated carbocycles. The Hall–Kier alpha value is -2.30. The second-order valence-corrected chi connectivity index (χ2v) is 10.1. The van der Waals surface area contributed by atoms with Crippen LogP contribution in [0.4, 0.5) is 5.69 Å². The zero-order valence-corrected chi connectivity index (χ0v) is 17.9. The smallest absolute Gasteiger partial charge is 0.265 e. The minimum absolute atomic E-state index is 0.0428. The Morgan fingerprint density at radius 3 is 2.10 bits per heavy atom. The van der Waals surface area contributed by atoms with Crippen molar-refractivity contribution in [2.75, 3.05) is 32.0 Å². The number of benzene rings is 2. The summed E-state index contributed by atoms with van der Waals surface area (Å²) in [6.45, 7) is 0.866. The number of hydrogen-bond acceptors (Lipinski definition) is 6. The zero-order valence-electron chi connectivity index (χ0n) is 16.3.